The third kappa shape index (κ3) is 2.32. The maximum absolute atomic E-state index is 11.6. The maximum Gasteiger partial charge on any atom is 0.241 e. The van der Waals surface area contributed by atoms with Gasteiger partial charge in [0.2, 0.25) is 10.0 Å². The van der Waals surface area contributed by atoms with E-state index in [2.05, 4.69) is 4.72 Å². The van der Waals surface area contributed by atoms with Crippen LogP contribution in [-0.2, 0) is 10.0 Å². The molecule has 0 radical (unpaired) electrons. The summed E-state index contributed by atoms with van der Waals surface area (Å²) in [6.07, 6.45) is 0. The minimum Gasteiger partial charge on any atom is -0.492 e. The van der Waals surface area contributed by atoms with Gasteiger partial charge in [0.25, 0.3) is 0 Å². The van der Waals surface area contributed by atoms with E-state index in [-0.39, 0.29) is 16.2 Å². The Hall–Kier alpha value is -1.58. The molecule has 1 rings (SSSR count). The second-order valence-corrected chi connectivity index (χ2v) is 4.74. The van der Waals surface area contributed by atoms with Crippen LogP contribution in [-0.4, -0.2) is 22.1 Å². The fourth-order valence-corrected chi connectivity index (χ4v) is 2.12. The topological polar surface area (TPSA) is 79.2 Å². The number of hydrogen-bond donors (Lipinski definition) is 1. The molecule has 86 valence electrons. The molecule has 0 unspecified atom stereocenters. The van der Waals surface area contributed by atoms with Crippen LogP contribution in [0.3, 0.4) is 0 Å². The lowest BCUT2D eigenvalue weighted by Gasteiger charge is -2.09. The first-order valence-corrected chi connectivity index (χ1v) is 6.14. The molecule has 0 aliphatic rings. The predicted octanol–water partition coefficient (Wildman–Crippen LogP) is 0.865. The third-order valence-corrected chi connectivity index (χ3v) is 3.41. The van der Waals surface area contributed by atoms with Gasteiger partial charge in [0.1, 0.15) is 22.3 Å². The maximum atomic E-state index is 11.6. The Kier molecular flexibility index (Phi) is 3.88. The van der Waals surface area contributed by atoms with E-state index in [0.717, 1.165) is 0 Å². The monoisotopic (exact) mass is 240 g/mol. The molecule has 16 heavy (non-hydrogen) atoms. The summed E-state index contributed by atoms with van der Waals surface area (Å²) < 4.78 is 30.6. The quantitative estimate of drug-likeness (QED) is 0.846. The Labute approximate surface area is 94.7 Å². The molecule has 0 atom stereocenters. The average Bonchev–Trinajstić information content (AvgIpc) is 2.29. The van der Waals surface area contributed by atoms with Crippen molar-refractivity contribution < 1.29 is 13.2 Å². The van der Waals surface area contributed by atoms with Crippen LogP contribution < -0.4 is 9.46 Å². The van der Waals surface area contributed by atoms with Crippen LogP contribution in [0.1, 0.15) is 12.5 Å². The zero-order valence-corrected chi connectivity index (χ0v) is 9.84. The largest absolute Gasteiger partial charge is 0.492 e. The first-order valence-electron chi connectivity index (χ1n) is 4.66. The summed E-state index contributed by atoms with van der Waals surface area (Å²) >= 11 is 0. The SMILES string of the molecule is CCOc1cccc(S(=O)(=O)NC)c1C#N. The van der Waals surface area contributed by atoms with Gasteiger partial charge in [-0.1, -0.05) is 6.07 Å². The zero-order chi connectivity index (χ0) is 12.2. The van der Waals surface area contributed by atoms with E-state index in [1.807, 2.05) is 6.07 Å². The van der Waals surface area contributed by atoms with Gasteiger partial charge < -0.3 is 4.74 Å². The first-order chi connectivity index (χ1) is 7.56. The molecule has 0 saturated heterocycles. The fourth-order valence-electron chi connectivity index (χ4n) is 1.23. The molecule has 0 amide bonds. The Morgan fingerprint density at radius 2 is 2.19 bits per heavy atom. The van der Waals surface area contributed by atoms with E-state index in [4.69, 9.17) is 10.00 Å². The van der Waals surface area contributed by atoms with Crippen molar-refractivity contribution in [2.45, 2.75) is 11.8 Å². The molecule has 0 saturated carbocycles. The predicted molar refractivity (Wildman–Crippen MR) is 58.6 cm³/mol. The lowest BCUT2D eigenvalue weighted by Crippen LogP contribution is -2.20. The van der Waals surface area contributed by atoms with Gasteiger partial charge in [-0.2, -0.15) is 5.26 Å². The van der Waals surface area contributed by atoms with Gasteiger partial charge in [0.15, 0.2) is 0 Å². The van der Waals surface area contributed by atoms with Gasteiger partial charge in [-0.25, -0.2) is 13.1 Å². The van der Waals surface area contributed by atoms with Gasteiger partial charge in [-0.15, -0.1) is 0 Å². The van der Waals surface area contributed by atoms with Crippen molar-refractivity contribution in [1.82, 2.24) is 4.72 Å². The van der Waals surface area contributed by atoms with Gasteiger partial charge in [-0.05, 0) is 26.1 Å². The highest BCUT2D eigenvalue weighted by atomic mass is 32.2. The number of ether oxygens (including phenoxy) is 1. The molecule has 0 bridgehead atoms. The second-order valence-electron chi connectivity index (χ2n) is 2.88. The standard InChI is InChI=1S/C10H12N2O3S/c1-3-15-9-5-4-6-10(8(9)7-11)16(13,14)12-2/h4-6,12H,3H2,1-2H3. The summed E-state index contributed by atoms with van der Waals surface area (Å²) in [6.45, 7) is 2.14. The van der Waals surface area contributed by atoms with Crippen LogP contribution in [0.2, 0.25) is 0 Å². The average molecular weight is 240 g/mol. The van der Waals surface area contributed by atoms with Crippen LogP contribution >= 0.6 is 0 Å². The van der Waals surface area contributed by atoms with Crippen LogP contribution in [0.4, 0.5) is 0 Å². The van der Waals surface area contributed by atoms with Gasteiger partial charge in [-0.3, -0.25) is 0 Å². The smallest absolute Gasteiger partial charge is 0.241 e. The molecule has 0 aliphatic heterocycles. The molecule has 0 spiro atoms. The van der Waals surface area contributed by atoms with E-state index in [0.29, 0.717) is 6.61 Å². The number of benzene rings is 1. The van der Waals surface area contributed by atoms with Crippen molar-refractivity contribution in [2.24, 2.45) is 0 Å². The Bertz CT molecular complexity index is 517. The summed E-state index contributed by atoms with van der Waals surface area (Å²) in [5, 5.41) is 8.96. The highest BCUT2D eigenvalue weighted by Crippen LogP contribution is 2.24. The number of hydrogen-bond acceptors (Lipinski definition) is 4. The molecule has 1 aromatic carbocycles. The van der Waals surface area contributed by atoms with Crippen molar-refractivity contribution >= 4 is 10.0 Å². The number of nitriles is 1. The Balaban J connectivity index is 3.43. The molecule has 5 nitrogen and oxygen atoms in total. The summed E-state index contributed by atoms with van der Waals surface area (Å²) in [5.74, 6) is 0.279. The number of rotatable bonds is 4. The summed E-state index contributed by atoms with van der Waals surface area (Å²) in [4.78, 5) is -0.0662. The van der Waals surface area contributed by atoms with Crippen molar-refractivity contribution in [1.29, 1.82) is 5.26 Å². The van der Waals surface area contributed by atoms with Gasteiger partial charge in [0.05, 0.1) is 6.61 Å². The normalized spacial score (nSPS) is 10.8. The van der Waals surface area contributed by atoms with E-state index < -0.39 is 10.0 Å². The number of sulfonamides is 1. The molecular formula is C10H12N2O3S. The Morgan fingerprint density at radius 3 is 2.69 bits per heavy atom. The minimum absolute atomic E-state index is 0.0266. The zero-order valence-electron chi connectivity index (χ0n) is 9.02. The van der Waals surface area contributed by atoms with Crippen LogP contribution in [0.15, 0.2) is 23.1 Å². The molecule has 0 fully saturated rings. The number of nitrogens with one attached hydrogen (secondary N) is 1. The molecule has 0 aromatic heterocycles. The summed E-state index contributed by atoms with van der Waals surface area (Å²) in [7, 11) is -2.34. The van der Waals surface area contributed by atoms with E-state index in [1.165, 1.54) is 19.2 Å². The summed E-state index contributed by atoms with van der Waals surface area (Å²) in [5.41, 5.74) is 0.0266. The van der Waals surface area contributed by atoms with E-state index in [9.17, 15) is 8.42 Å². The second kappa shape index (κ2) is 4.96. The molecule has 1 N–H and O–H groups in total. The first kappa shape index (κ1) is 12.5. The fraction of sp³-hybridized carbons (Fsp3) is 0.300. The Morgan fingerprint density at radius 1 is 1.50 bits per heavy atom. The van der Waals surface area contributed by atoms with Crippen molar-refractivity contribution in [3.63, 3.8) is 0 Å². The van der Waals surface area contributed by atoms with Crippen molar-refractivity contribution in [2.75, 3.05) is 13.7 Å². The highest BCUT2D eigenvalue weighted by molar-refractivity contribution is 7.89. The highest BCUT2D eigenvalue weighted by Gasteiger charge is 2.19. The molecule has 1 aromatic rings. The third-order valence-electron chi connectivity index (χ3n) is 1.96. The van der Waals surface area contributed by atoms with Crippen LogP contribution in [0.5, 0.6) is 5.75 Å². The van der Waals surface area contributed by atoms with Gasteiger partial charge in [0, 0.05) is 0 Å². The van der Waals surface area contributed by atoms with Gasteiger partial charge >= 0.3 is 0 Å². The van der Waals surface area contributed by atoms with Crippen LogP contribution in [0, 0.1) is 11.3 Å². The summed E-state index contributed by atoms with van der Waals surface area (Å²) in [6, 6.07) is 6.32. The number of nitrogens with zero attached hydrogens (tertiary/aromatic N) is 1. The van der Waals surface area contributed by atoms with E-state index in [1.54, 1.807) is 13.0 Å². The minimum atomic E-state index is -3.63. The molecule has 0 aliphatic carbocycles. The van der Waals surface area contributed by atoms with Crippen molar-refractivity contribution in [3.05, 3.63) is 23.8 Å². The lowest BCUT2D eigenvalue weighted by molar-refractivity contribution is 0.338. The van der Waals surface area contributed by atoms with Crippen LogP contribution in [0.25, 0.3) is 0 Å². The van der Waals surface area contributed by atoms with Crippen molar-refractivity contribution in [3.8, 4) is 11.8 Å². The molecular weight excluding hydrogens is 228 g/mol. The van der Waals surface area contributed by atoms with E-state index >= 15 is 0 Å². The molecule has 6 heteroatoms. The lowest BCUT2D eigenvalue weighted by atomic mass is 10.2. The molecule has 0 heterocycles.